The van der Waals surface area contributed by atoms with E-state index in [0.29, 0.717) is 29.9 Å². The second kappa shape index (κ2) is 26.3. The Morgan fingerprint density at radius 3 is 1.45 bits per heavy atom. The Balaban J connectivity index is 1.56. The molecule has 4 aromatic rings. The van der Waals surface area contributed by atoms with Gasteiger partial charge in [-0.1, -0.05) is 30.3 Å². The van der Waals surface area contributed by atoms with Crippen LogP contribution in [-0.2, 0) is 64.0 Å². The molecule has 0 bridgehead atoms. The third-order valence-electron chi connectivity index (χ3n) is 9.94. The third kappa shape index (κ3) is 17.1. The molecule has 24 heteroatoms. The van der Waals surface area contributed by atoms with E-state index >= 15 is 0 Å². The molecule has 0 saturated heterocycles. The lowest BCUT2D eigenvalue weighted by molar-refractivity contribution is -0.138. The van der Waals surface area contributed by atoms with Crippen LogP contribution >= 0.6 is 0 Å². The van der Waals surface area contributed by atoms with Crippen molar-refractivity contribution in [1.82, 2.24) is 61.8 Å². The van der Waals surface area contributed by atoms with Gasteiger partial charge in [-0.25, -0.2) is 15.0 Å². The minimum atomic E-state index is -1.55. The first kappa shape index (κ1) is 50.3. The number of benzene rings is 1. The van der Waals surface area contributed by atoms with Gasteiger partial charge >= 0.3 is 5.97 Å². The lowest BCUT2D eigenvalue weighted by atomic mass is 10.0. The standard InChI is InChI=1S/C41H55N14O10/c42-11-5-4-8-30(37(61)54-34(15-27-18-46-23-49-27)41(65)55-32(13-25-16-44-21-47-25)39(63)50-28(19-56)20-57)51-38(62)31(9-10-35(58)59)52-40(64)33(14-26-17-45-22-48-26)53-36(60)29(43)12-24-6-2-1-3-7-24/h1-3,6-7,16-18,21-23,28-34,56H,4-5,8-15,19,42-43H2,(H,44,47)(H,45,48)(H,46,49)(H,50,63)(H,51,62)(H,52,64)(H,53,60)(H,54,61)(H,55,65)(H,58,59)/t28-,29-,30-,31-,32-,33-,34-/m0/s1. The summed E-state index contributed by atoms with van der Waals surface area (Å²) in [4.78, 5) is 126. The molecule has 1 aromatic carbocycles. The molecule has 3 aromatic heterocycles. The van der Waals surface area contributed by atoms with E-state index < -0.39 is 103 Å². The van der Waals surface area contributed by atoms with Gasteiger partial charge < -0.3 is 68.5 Å². The average Bonchev–Trinajstić information content (AvgIpc) is 4.12. The number of carboxylic acid groups (broad SMARTS) is 1. The van der Waals surface area contributed by atoms with Gasteiger partial charge in [-0.05, 0) is 44.2 Å². The molecule has 3 heterocycles. The Morgan fingerprint density at radius 1 is 0.600 bits per heavy atom. The van der Waals surface area contributed by atoms with Crippen molar-refractivity contribution in [2.45, 2.75) is 100 Å². The van der Waals surface area contributed by atoms with E-state index in [1.165, 1.54) is 43.9 Å². The highest BCUT2D eigenvalue weighted by Crippen LogP contribution is 2.10. The third-order valence-corrected chi connectivity index (χ3v) is 9.94. The number of carbonyl (C=O) groups excluding carboxylic acids is 7. The van der Waals surface area contributed by atoms with E-state index in [1.807, 2.05) is 6.07 Å². The minimum Gasteiger partial charge on any atom is -0.481 e. The number of hydrogen-bond acceptors (Lipinski definition) is 14. The van der Waals surface area contributed by atoms with Crippen molar-refractivity contribution in [2.24, 2.45) is 11.5 Å². The lowest BCUT2D eigenvalue weighted by Crippen LogP contribution is -2.60. The largest absolute Gasteiger partial charge is 0.481 e. The topological polar surface area (TPSA) is 387 Å². The number of aliphatic carboxylic acids is 1. The number of nitrogens with zero attached hydrogens (tertiary/aromatic N) is 3. The summed E-state index contributed by atoms with van der Waals surface area (Å²) in [5.41, 5.74) is 13.8. The Labute approximate surface area is 372 Å². The smallest absolute Gasteiger partial charge is 0.303 e. The summed E-state index contributed by atoms with van der Waals surface area (Å²) in [5, 5.41) is 34.2. The SMILES string of the molecule is NCCCC[C@H](NC(=O)[C@H](CCC(=O)O)NC(=O)[C@H](Cc1c[nH]cn1)NC(=O)[C@@H](N)Cc1ccccc1)C(=O)N[C@@H](Cc1c[nH]cn1)C(=O)N[C@@H](Cc1c[nH]cn1)C(=O)N[C@H]([C]=O)CO. The fourth-order valence-electron chi connectivity index (χ4n) is 6.47. The molecule has 24 nitrogen and oxygen atoms in total. The second-order valence-corrected chi connectivity index (χ2v) is 15.0. The Morgan fingerprint density at radius 2 is 1.03 bits per heavy atom. The van der Waals surface area contributed by atoms with Gasteiger partial charge in [-0.2, -0.15) is 0 Å². The normalized spacial score (nSPS) is 14.3. The highest BCUT2D eigenvalue weighted by atomic mass is 16.4. The number of aliphatic hydroxyl groups excluding tert-OH is 1. The number of carboxylic acids is 1. The van der Waals surface area contributed by atoms with Gasteiger partial charge in [-0.15, -0.1) is 0 Å². The number of unbranched alkanes of at least 4 members (excludes halogenated alkanes) is 1. The van der Waals surface area contributed by atoms with Gasteiger partial charge in [-0.3, -0.25) is 38.4 Å². The molecule has 1 radical (unpaired) electrons. The molecule has 0 aliphatic carbocycles. The van der Waals surface area contributed by atoms with Crippen molar-refractivity contribution in [3.8, 4) is 0 Å². The Bertz CT molecular complexity index is 2120. The van der Waals surface area contributed by atoms with E-state index in [4.69, 9.17) is 11.5 Å². The molecular formula is C41H55N14O10. The van der Waals surface area contributed by atoms with Gasteiger partial charge in [0.2, 0.25) is 41.7 Å². The Hall–Kier alpha value is -7.31. The van der Waals surface area contributed by atoms with Crippen molar-refractivity contribution >= 4 is 47.7 Å². The van der Waals surface area contributed by atoms with Crippen LogP contribution in [0.3, 0.4) is 0 Å². The molecule has 0 spiro atoms. The maximum atomic E-state index is 14.1. The fraction of sp³-hybridized carbons (Fsp3) is 0.439. The van der Waals surface area contributed by atoms with E-state index in [2.05, 4.69) is 61.8 Å². The number of amides is 6. The van der Waals surface area contributed by atoms with Gasteiger partial charge in [0.25, 0.3) is 0 Å². The van der Waals surface area contributed by atoms with Crippen LogP contribution in [0.25, 0.3) is 0 Å². The first-order valence-electron chi connectivity index (χ1n) is 20.7. The van der Waals surface area contributed by atoms with Crippen LogP contribution < -0.4 is 43.4 Å². The molecular weight excluding hydrogens is 849 g/mol. The fourth-order valence-corrected chi connectivity index (χ4v) is 6.47. The zero-order valence-corrected chi connectivity index (χ0v) is 35.3. The Kier molecular flexibility index (Phi) is 20.4. The number of nitrogens with one attached hydrogen (secondary N) is 9. The summed E-state index contributed by atoms with van der Waals surface area (Å²) in [6, 6.07) is -0.554. The quantitative estimate of drug-likeness (QED) is 0.0235. The summed E-state index contributed by atoms with van der Waals surface area (Å²) >= 11 is 0. The van der Waals surface area contributed by atoms with Crippen LogP contribution in [0.1, 0.15) is 54.7 Å². The summed E-state index contributed by atoms with van der Waals surface area (Å²) in [5.74, 6) is -6.39. The zero-order valence-electron chi connectivity index (χ0n) is 35.3. The predicted octanol–water partition coefficient (Wildman–Crippen LogP) is -3.54. The summed E-state index contributed by atoms with van der Waals surface area (Å²) < 4.78 is 0. The minimum absolute atomic E-state index is 0.0167. The summed E-state index contributed by atoms with van der Waals surface area (Å²) in [7, 11) is 0. The molecule has 0 saturated carbocycles. The van der Waals surface area contributed by atoms with Gasteiger partial charge in [0.1, 0.15) is 36.3 Å². The number of H-pyrrole nitrogens is 3. The maximum Gasteiger partial charge on any atom is 0.303 e. The van der Waals surface area contributed by atoms with Crippen LogP contribution in [0.2, 0.25) is 0 Å². The predicted molar refractivity (Wildman–Crippen MR) is 229 cm³/mol. The molecule has 15 N–H and O–H groups in total. The van der Waals surface area contributed by atoms with Crippen molar-refractivity contribution in [3.05, 3.63) is 90.5 Å². The van der Waals surface area contributed by atoms with Crippen LogP contribution in [-0.4, -0.2) is 143 Å². The number of nitrogens with two attached hydrogens (primary N) is 2. The molecule has 6 amide bonds. The van der Waals surface area contributed by atoms with E-state index in [-0.39, 0.29) is 38.6 Å². The highest BCUT2D eigenvalue weighted by molar-refractivity contribution is 5.97. The molecule has 0 fully saturated rings. The first-order chi connectivity index (χ1) is 31.3. The maximum absolute atomic E-state index is 14.1. The van der Waals surface area contributed by atoms with E-state index in [9.17, 15) is 48.6 Å². The highest BCUT2D eigenvalue weighted by Gasteiger charge is 2.34. The van der Waals surface area contributed by atoms with Gasteiger partial charge in [0.05, 0.1) is 48.7 Å². The molecule has 0 aliphatic rings. The molecule has 349 valence electrons. The van der Waals surface area contributed by atoms with Crippen molar-refractivity contribution < 1.29 is 48.6 Å². The van der Waals surface area contributed by atoms with Gasteiger partial charge in [0, 0.05) is 44.3 Å². The number of hydrogen-bond donors (Lipinski definition) is 13. The number of imidazole rings is 3. The zero-order chi connectivity index (χ0) is 47.1. The van der Waals surface area contributed by atoms with E-state index in [0.717, 1.165) is 5.56 Å². The average molecular weight is 904 g/mol. The monoisotopic (exact) mass is 903 g/mol. The van der Waals surface area contributed by atoms with Gasteiger partial charge in [0.15, 0.2) is 0 Å². The van der Waals surface area contributed by atoms with Crippen LogP contribution in [0.15, 0.2) is 67.9 Å². The first-order valence-corrected chi connectivity index (χ1v) is 20.7. The van der Waals surface area contributed by atoms with Crippen molar-refractivity contribution in [3.63, 3.8) is 0 Å². The van der Waals surface area contributed by atoms with Crippen LogP contribution in [0.5, 0.6) is 0 Å². The molecule has 0 aliphatic heterocycles. The van der Waals surface area contributed by atoms with Crippen LogP contribution in [0, 0.1) is 0 Å². The number of aromatic amines is 3. The lowest BCUT2D eigenvalue weighted by Gasteiger charge is -2.27. The van der Waals surface area contributed by atoms with E-state index in [1.54, 1.807) is 24.3 Å². The number of aliphatic hydroxyl groups is 1. The van der Waals surface area contributed by atoms with Crippen molar-refractivity contribution in [2.75, 3.05) is 13.2 Å². The second-order valence-electron chi connectivity index (χ2n) is 15.0. The van der Waals surface area contributed by atoms with Crippen molar-refractivity contribution in [1.29, 1.82) is 0 Å². The molecule has 7 atom stereocenters. The number of rotatable bonds is 29. The number of aromatic nitrogens is 6. The summed E-state index contributed by atoms with van der Waals surface area (Å²) in [6.45, 7) is -0.527. The summed E-state index contributed by atoms with van der Waals surface area (Å²) in [6.07, 6.45) is 9.34. The molecule has 0 unspecified atom stereocenters. The van der Waals surface area contributed by atoms with Crippen LogP contribution in [0.4, 0.5) is 0 Å². The number of carbonyl (C=O) groups is 7. The molecule has 65 heavy (non-hydrogen) atoms. The molecule has 4 rings (SSSR count).